The van der Waals surface area contributed by atoms with E-state index in [2.05, 4.69) is 31.7 Å². The van der Waals surface area contributed by atoms with Crippen LogP contribution in [0.4, 0.5) is 0 Å². The zero-order valence-electron chi connectivity index (χ0n) is 10.7. The summed E-state index contributed by atoms with van der Waals surface area (Å²) in [7, 11) is 0. The maximum atomic E-state index is 9.17. The Morgan fingerprint density at radius 2 is 2.06 bits per heavy atom. The first-order valence-electron chi connectivity index (χ1n) is 6.83. The maximum absolute atomic E-state index is 9.17. The Kier molecular flexibility index (Phi) is 6.96. The predicted octanol–water partition coefficient (Wildman–Crippen LogP) is 4.63. The van der Waals surface area contributed by atoms with Crippen LogP contribution >= 0.6 is 11.8 Å². The van der Waals surface area contributed by atoms with Crippen LogP contribution in [0.5, 0.6) is 0 Å². The lowest BCUT2D eigenvalue weighted by Gasteiger charge is -2.32. The summed E-state index contributed by atoms with van der Waals surface area (Å²) in [6.07, 6.45) is 8.96. The van der Waals surface area contributed by atoms with Crippen molar-refractivity contribution in [3.05, 3.63) is 0 Å². The number of unbranched alkanes of at least 4 members (excludes halogenated alkanes) is 1. The molecule has 0 aromatic carbocycles. The highest BCUT2D eigenvalue weighted by molar-refractivity contribution is 7.99. The van der Waals surface area contributed by atoms with E-state index in [9.17, 15) is 5.26 Å². The summed E-state index contributed by atoms with van der Waals surface area (Å²) < 4.78 is 0. The molecule has 16 heavy (non-hydrogen) atoms. The lowest BCUT2D eigenvalue weighted by atomic mass is 9.80. The fraction of sp³-hybridized carbons (Fsp3) is 0.929. The topological polar surface area (TPSA) is 23.8 Å². The Morgan fingerprint density at radius 3 is 2.69 bits per heavy atom. The number of hydrogen-bond donors (Lipinski definition) is 0. The van der Waals surface area contributed by atoms with Crippen molar-refractivity contribution in [3.8, 4) is 6.07 Å². The fourth-order valence-electron chi connectivity index (χ4n) is 2.59. The van der Waals surface area contributed by atoms with Gasteiger partial charge in [-0.3, -0.25) is 0 Å². The van der Waals surface area contributed by atoms with Gasteiger partial charge in [-0.2, -0.15) is 17.0 Å². The molecule has 2 heteroatoms. The molecule has 0 aliphatic heterocycles. The van der Waals surface area contributed by atoms with E-state index < -0.39 is 0 Å². The second-order valence-corrected chi connectivity index (χ2v) is 6.31. The van der Waals surface area contributed by atoms with Crippen molar-refractivity contribution < 1.29 is 0 Å². The van der Waals surface area contributed by atoms with Crippen LogP contribution in [0.25, 0.3) is 0 Å². The summed E-state index contributed by atoms with van der Waals surface area (Å²) in [5.41, 5.74) is 0. The standard InChI is InChI=1S/C14H25NS/c1-3-5-9-16-14-10-12(6-4-2)7-8-13(14)11-15/h12-14H,3-10H2,1-2H3. The van der Waals surface area contributed by atoms with E-state index in [1.807, 2.05) is 0 Å². The van der Waals surface area contributed by atoms with Gasteiger partial charge in [-0.25, -0.2) is 0 Å². The lowest BCUT2D eigenvalue weighted by Crippen LogP contribution is -2.26. The van der Waals surface area contributed by atoms with Crippen LogP contribution in [0.1, 0.15) is 58.8 Å². The number of rotatable bonds is 6. The molecule has 0 aromatic heterocycles. The van der Waals surface area contributed by atoms with Gasteiger partial charge in [0.15, 0.2) is 0 Å². The van der Waals surface area contributed by atoms with E-state index >= 15 is 0 Å². The van der Waals surface area contributed by atoms with Gasteiger partial charge in [0.1, 0.15) is 0 Å². The van der Waals surface area contributed by atoms with Crippen LogP contribution in [0.2, 0.25) is 0 Å². The first-order valence-corrected chi connectivity index (χ1v) is 7.87. The Labute approximate surface area is 105 Å². The summed E-state index contributed by atoms with van der Waals surface area (Å²) in [5, 5.41) is 9.80. The molecule has 0 N–H and O–H groups in total. The largest absolute Gasteiger partial charge is 0.198 e. The third-order valence-corrected chi connectivity index (χ3v) is 5.07. The van der Waals surface area contributed by atoms with Crippen LogP contribution in [-0.4, -0.2) is 11.0 Å². The molecule has 3 unspecified atom stereocenters. The normalized spacial score (nSPS) is 29.9. The second kappa shape index (κ2) is 8.01. The van der Waals surface area contributed by atoms with Crippen molar-refractivity contribution in [2.24, 2.45) is 11.8 Å². The Morgan fingerprint density at radius 1 is 1.25 bits per heavy atom. The summed E-state index contributed by atoms with van der Waals surface area (Å²) >= 11 is 2.06. The molecule has 1 saturated carbocycles. The molecule has 0 spiro atoms. The molecule has 3 atom stereocenters. The third kappa shape index (κ3) is 4.37. The average molecular weight is 239 g/mol. The van der Waals surface area contributed by atoms with Crippen molar-refractivity contribution in [3.63, 3.8) is 0 Å². The highest BCUT2D eigenvalue weighted by atomic mass is 32.2. The zero-order chi connectivity index (χ0) is 11.8. The minimum absolute atomic E-state index is 0.329. The van der Waals surface area contributed by atoms with Crippen LogP contribution in [0.3, 0.4) is 0 Å². The third-order valence-electron chi connectivity index (χ3n) is 3.59. The van der Waals surface area contributed by atoms with Crippen LogP contribution in [-0.2, 0) is 0 Å². The molecule has 0 bridgehead atoms. The Bertz CT molecular complexity index is 221. The Hall–Kier alpha value is -0.160. The molecule has 0 aromatic rings. The molecule has 1 aliphatic carbocycles. The van der Waals surface area contributed by atoms with E-state index in [4.69, 9.17) is 0 Å². The molecular weight excluding hydrogens is 214 g/mol. The fourth-order valence-corrected chi connectivity index (χ4v) is 4.19. The number of nitriles is 1. The quantitative estimate of drug-likeness (QED) is 0.631. The van der Waals surface area contributed by atoms with E-state index in [1.165, 1.54) is 44.3 Å². The summed E-state index contributed by atoms with van der Waals surface area (Å²) in [5.74, 6) is 2.47. The van der Waals surface area contributed by atoms with Gasteiger partial charge in [0.2, 0.25) is 0 Å². The van der Waals surface area contributed by atoms with Gasteiger partial charge >= 0.3 is 0 Å². The minimum atomic E-state index is 0.329. The van der Waals surface area contributed by atoms with Gasteiger partial charge in [0.05, 0.1) is 12.0 Å². The second-order valence-electron chi connectivity index (χ2n) is 4.97. The molecule has 0 heterocycles. The van der Waals surface area contributed by atoms with Crippen molar-refractivity contribution in [2.75, 3.05) is 5.75 Å². The molecule has 0 saturated heterocycles. The molecule has 0 amide bonds. The average Bonchev–Trinajstić information content (AvgIpc) is 2.30. The molecule has 1 fully saturated rings. The summed E-state index contributed by atoms with van der Waals surface area (Å²) in [4.78, 5) is 0. The highest BCUT2D eigenvalue weighted by Gasteiger charge is 2.30. The monoisotopic (exact) mass is 239 g/mol. The molecule has 1 rings (SSSR count). The number of hydrogen-bond acceptors (Lipinski definition) is 2. The van der Waals surface area contributed by atoms with Gasteiger partial charge in [-0.15, -0.1) is 0 Å². The van der Waals surface area contributed by atoms with Gasteiger partial charge in [-0.1, -0.05) is 33.1 Å². The molecular formula is C14H25NS. The minimum Gasteiger partial charge on any atom is -0.198 e. The first kappa shape index (κ1) is 13.9. The van der Waals surface area contributed by atoms with Crippen molar-refractivity contribution in [1.82, 2.24) is 0 Å². The predicted molar refractivity (Wildman–Crippen MR) is 72.5 cm³/mol. The first-order chi connectivity index (χ1) is 7.81. The maximum Gasteiger partial charge on any atom is 0.0667 e. The molecule has 0 radical (unpaired) electrons. The van der Waals surface area contributed by atoms with Crippen LogP contribution in [0, 0.1) is 23.2 Å². The van der Waals surface area contributed by atoms with Crippen molar-refractivity contribution in [1.29, 1.82) is 5.26 Å². The van der Waals surface area contributed by atoms with Crippen LogP contribution < -0.4 is 0 Å². The Balaban J connectivity index is 2.38. The molecule has 1 aliphatic rings. The highest BCUT2D eigenvalue weighted by Crippen LogP contribution is 2.38. The van der Waals surface area contributed by atoms with Gasteiger partial charge in [0, 0.05) is 5.25 Å². The SMILES string of the molecule is CCCCSC1CC(CCC)CCC1C#N. The summed E-state index contributed by atoms with van der Waals surface area (Å²) in [6, 6.07) is 2.52. The summed E-state index contributed by atoms with van der Waals surface area (Å²) in [6.45, 7) is 4.51. The van der Waals surface area contributed by atoms with Crippen LogP contribution in [0.15, 0.2) is 0 Å². The van der Waals surface area contributed by atoms with Crippen molar-refractivity contribution in [2.45, 2.75) is 64.0 Å². The molecule has 1 nitrogen and oxygen atoms in total. The van der Waals surface area contributed by atoms with E-state index in [1.54, 1.807) is 0 Å². The number of nitrogens with zero attached hydrogens (tertiary/aromatic N) is 1. The van der Waals surface area contributed by atoms with E-state index in [0.29, 0.717) is 11.2 Å². The lowest BCUT2D eigenvalue weighted by molar-refractivity contribution is 0.307. The zero-order valence-corrected chi connectivity index (χ0v) is 11.6. The van der Waals surface area contributed by atoms with Gasteiger partial charge in [0.25, 0.3) is 0 Å². The number of thioether (sulfide) groups is 1. The van der Waals surface area contributed by atoms with E-state index in [-0.39, 0.29) is 0 Å². The van der Waals surface area contributed by atoms with Gasteiger partial charge < -0.3 is 0 Å². The molecule has 92 valence electrons. The smallest absolute Gasteiger partial charge is 0.0667 e. The van der Waals surface area contributed by atoms with Crippen molar-refractivity contribution >= 4 is 11.8 Å². The van der Waals surface area contributed by atoms with Gasteiger partial charge in [-0.05, 0) is 37.4 Å². The van der Waals surface area contributed by atoms with E-state index in [0.717, 1.165) is 12.3 Å².